The Morgan fingerprint density at radius 3 is 2.65 bits per heavy atom. The molecule has 6 heteroatoms. The molecule has 0 bridgehead atoms. The molecule has 1 amide bonds. The Balaban J connectivity index is 2.25. The molecule has 0 saturated carbocycles. The summed E-state index contributed by atoms with van der Waals surface area (Å²) in [6.45, 7) is -1.72. The third-order valence-corrected chi connectivity index (χ3v) is 2.95. The molecule has 20 heavy (non-hydrogen) atoms. The van der Waals surface area contributed by atoms with E-state index in [4.69, 9.17) is 5.73 Å². The first-order chi connectivity index (χ1) is 9.44. The number of benzene rings is 2. The summed E-state index contributed by atoms with van der Waals surface area (Å²) in [6, 6.07) is 9.98. The van der Waals surface area contributed by atoms with Gasteiger partial charge in [0.15, 0.2) is 0 Å². The van der Waals surface area contributed by atoms with Crippen LogP contribution in [0.25, 0.3) is 10.8 Å². The van der Waals surface area contributed by atoms with Gasteiger partial charge in [0.1, 0.15) is 5.75 Å². The van der Waals surface area contributed by atoms with Crippen molar-refractivity contribution >= 4 is 16.7 Å². The van der Waals surface area contributed by atoms with Crippen LogP contribution in [0.2, 0.25) is 0 Å². The fraction of sp³-hybridized carbons (Fsp3) is 0.214. The maximum atomic E-state index is 13.0. The number of nitrogens with two attached hydrogens (primary N) is 1. The number of hydrogen-bond donors (Lipinski definition) is 3. The number of rotatable bonds is 4. The summed E-state index contributed by atoms with van der Waals surface area (Å²) in [6.07, 6.45) is 0. The van der Waals surface area contributed by atoms with Crippen LogP contribution in [0.15, 0.2) is 36.4 Å². The number of fused-ring (bicyclic) bond motifs is 1. The zero-order valence-electron chi connectivity index (χ0n) is 10.6. The first kappa shape index (κ1) is 14.2. The molecular weight excluding hydrogens is 266 g/mol. The molecule has 0 heterocycles. The molecule has 0 aliphatic carbocycles. The van der Waals surface area contributed by atoms with Crippen LogP contribution >= 0.6 is 0 Å². The van der Waals surface area contributed by atoms with E-state index in [1.165, 1.54) is 6.07 Å². The normalized spacial score (nSPS) is 11.6. The Labute approximate surface area is 114 Å². The Bertz CT molecular complexity index is 644. The van der Waals surface area contributed by atoms with Gasteiger partial charge in [0.2, 0.25) is 0 Å². The lowest BCUT2D eigenvalue weighted by atomic mass is 10.0. The summed E-state index contributed by atoms with van der Waals surface area (Å²) in [5, 5.41) is 13.3. The van der Waals surface area contributed by atoms with Gasteiger partial charge in [0.05, 0.1) is 18.7 Å². The third-order valence-electron chi connectivity index (χ3n) is 2.95. The van der Waals surface area contributed by atoms with Crippen LogP contribution in [0.4, 0.5) is 8.78 Å². The highest BCUT2D eigenvalue weighted by molar-refractivity contribution is 6.03. The fourth-order valence-electron chi connectivity index (χ4n) is 1.82. The minimum absolute atomic E-state index is 0.0449. The number of carbonyl (C=O) groups excluding carboxylic acids is 1. The van der Waals surface area contributed by atoms with E-state index in [1.54, 1.807) is 30.3 Å². The summed E-state index contributed by atoms with van der Waals surface area (Å²) >= 11 is 0. The van der Waals surface area contributed by atoms with E-state index in [9.17, 15) is 18.7 Å². The van der Waals surface area contributed by atoms with Crippen LogP contribution in [-0.4, -0.2) is 30.0 Å². The zero-order chi connectivity index (χ0) is 14.8. The molecule has 0 atom stereocenters. The summed E-state index contributed by atoms with van der Waals surface area (Å²) in [5.41, 5.74) is 4.84. The molecule has 0 aliphatic heterocycles. The van der Waals surface area contributed by atoms with Gasteiger partial charge in [-0.25, -0.2) is 8.78 Å². The quantitative estimate of drug-likeness (QED) is 0.800. The van der Waals surface area contributed by atoms with Crippen molar-refractivity contribution in [2.45, 2.75) is 5.92 Å². The van der Waals surface area contributed by atoms with E-state index in [2.05, 4.69) is 5.32 Å². The van der Waals surface area contributed by atoms with Crippen molar-refractivity contribution in [3.05, 3.63) is 42.0 Å². The molecule has 0 aromatic heterocycles. The first-order valence-electron chi connectivity index (χ1n) is 6.01. The van der Waals surface area contributed by atoms with Gasteiger partial charge in [0, 0.05) is 5.39 Å². The second-order valence-electron chi connectivity index (χ2n) is 4.43. The SMILES string of the molecule is NCC(F)(F)CNC(=O)c1ccc2ccccc2c1O. The van der Waals surface area contributed by atoms with Crippen molar-refractivity contribution in [1.29, 1.82) is 0 Å². The van der Waals surface area contributed by atoms with E-state index >= 15 is 0 Å². The van der Waals surface area contributed by atoms with E-state index in [0.717, 1.165) is 5.39 Å². The molecule has 0 fully saturated rings. The number of nitrogens with one attached hydrogen (secondary N) is 1. The summed E-state index contributed by atoms with van der Waals surface area (Å²) in [5.74, 6) is -4.15. The Morgan fingerprint density at radius 1 is 1.25 bits per heavy atom. The van der Waals surface area contributed by atoms with Gasteiger partial charge in [0.25, 0.3) is 11.8 Å². The molecule has 4 nitrogen and oxygen atoms in total. The summed E-state index contributed by atoms with van der Waals surface area (Å²) in [7, 11) is 0. The molecule has 106 valence electrons. The fourth-order valence-corrected chi connectivity index (χ4v) is 1.82. The van der Waals surface area contributed by atoms with Crippen LogP contribution < -0.4 is 11.1 Å². The average molecular weight is 280 g/mol. The predicted octanol–water partition coefficient (Wildman–Crippen LogP) is 1.87. The molecule has 2 aromatic carbocycles. The van der Waals surface area contributed by atoms with E-state index < -0.39 is 24.9 Å². The van der Waals surface area contributed by atoms with Gasteiger partial charge < -0.3 is 16.2 Å². The lowest BCUT2D eigenvalue weighted by Gasteiger charge is -2.15. The van der Waals surface area contributed by atoms with Gasteiger partial charge in [-0.3, -0.25) is 4.79 Å². The van der Waals surface area contributed by atoms with Gasteiger partial charge in [-0.2, -0.15) is 0 Å². The second kappa shape index (κ2) is 5.42. The molecule has 0 spiro atoms. The summed E-state index contributed by atoms with van der Waals surface area (Å²) < 4.78 is 26.0. The van der Waals surface area contributed by atoms with Crippen molar-refractivity contribution in [2.24, 2.45) is 5.73 Å². The Kier molecular flexibility index (Phi) is 3.85. The lowest BCUT2D eigenvalue weighted by molar-refractivity contribution is 0.0118. The van der Waals surface area contributed by atoms with Crippen molar-refractivity contribution < 1.29 is 18.7 Å². The zero-order valence-corrected chi connectivity index (χ0v) is 10.6. The molecular formula is C14H14F2N2O2. The topological polar surface area (TPSA) is 75.3 Å². The summed E-state index contributed by atoms with van der Waals surface area (Å²) in [4.78, 5) is 11.8. The van der Waals surface area contributed by atoms with E-state index in [1.807, 2.05) is 0 Å². The molecule has 2 rings (SSSR count). The molecule has 0 radical (unpaired) electrons. The first-order valence-corrected chi connectivity index (χ1v) is 6.01. The number of aromatic hydroxyl groups is 1. The monoisotopic (exact) mass is 280 g/mol. The molecule has 0 unspecified atom stereocenters. The van der Waals surface area contributed by atoms with Gasteiger partial charge in [-0.15, -0.1) is 0 Å². The third kappa shape index (κ3) is 2.85. The number of amides is 1. The van der Waals surface area contributed by atoms with Crippen LogP contribution in [0.1, 0.15) is 10.4 Å². The number of phenols is 1. The highest BCUT2D eigenvalue weighted by Crippen LogP contribution is 2.28. The number of halogens is 2. The van der Waals surface area contributed by atoms with Crippen molar-refractivity contribution in [3.63, 3.8) is 0 Å². The predicted molar refractivity (Wildman–Crippen MR) is 71.9 cm³/mol. The van der Waals surface area contributed by atoms with Crippen LogP contribution in [-0.2, 0) is 0 Å². The average Bonchev–Trinajstić information content (AvgIpc) is 2.45. The van der Waals surface area contributed by atoms with Gasteiger partial charge in [-0.1, -0.05) is 30.3 Å². The van der Waals surface area contributed by atoms with Crippen LogP contribution in [0.5, 0.6) is 5.75 Å². The molecule has 0 saturated heterocycles. The minimum Gasteiger partial charge on any atom is -0.506 e. The number of phenolic OH excluding ortho intramolecular Hbond substituents is 1. The Morgan fingerprint density at radius 2 is 1.95 bits per heavy atom. The molecule has 2 aromatic rings. The number of carbonyl (C=O) groups is 1. The molecule has 0 aliphatic rings. The standard InChI is InChI=1S/C14H14F2N2O2/c15-14(16,7-17)8-18-13(20)11-6-5-9-3-1-2-4-10(9)12(11)19/h1-6,19H,7-8,17H2,(H,18,20). The highest BCUT2D eigenvalue weighted by atomic mass is 19.3. The number of alkyl halides is 2. The maximum absolute atomic E-state index is 13.0. The smallest absolute Gasteiger partial charge is 0.277 e. The van der Waals surface area contributed by atoms with Gasteiger partial charge >= 0.3 is 0 Å². The van der Waals surface area contributed by atoms with E-state index in [0.29, 0.717) is 5.39 Å². The van der Waals surface area contributed by atoms with Crippen molar-refractivity contribution in [1.82, 2.24) is 5.32 Å². The largest absolute Gasteiger partial charge is 0.506 e. The van der Waals surface area contributed by atoms with Crippen LogP contribution in [0.3, 0.4) is 0 Å². The van der Waals surface area contributed by atoms with Gasteiger partial charge in [-0.05, 0) is 11.5 Å². The molecule has 4 N–H and O–H groups in total. The minimum atomic E-state index is -3.16. The maximum Gasteiger partial charge on any atom is 0.277 e. The van der Waals surface area contributed by atoms with E-state index in [-0.39, 0.29) is 11.3 Å². The highest BCUT2D eigenvalue weighted by Gasteiger charge is 2.27. The van der Waals surface area contributed by atoms with Crippen LogP contribution in [0, 0.1) is 0 Å². The Hall–Kier alpha value is -2.21. The van der Waals surface area contributed by atoms with Crippen molar-refractivity contribution in [3.8, 4) is 5.75 Å². The number of hydrogen-bond acceptors (Lipinski definition) is 3. The van der Waals surface area contributed by atoms with Crippen molar-refractivity contribution in [2.75, 3.05) is 13.1 Å². The second-order valence-corrected chi connectivity index (χ2v) is 4.43. The lowest BCUT2D eigenvalue weighted by Crippen LogP contribution is -2.41.